The van der Waals surface area contributed by atoms with Crippen LogP contribution in [0.4, 0.5) is 0 Å². The molecule has 0 aromatic heterocycles. The summed E-state index contributed by atoms with van der Waals surface area (Å²) in [5, 5.41) is -2.90. The molecule has 0 saturated heterocycles. The van der Waals surface area contributed by atoms with Gasteiger partial charge >= 0.3 is 75.5 Å². The van der Waals surface area contributed by atoms with E-state index in [9.17, 15) is 51.9 Å². The van der Waals surface area contributed by atoms with Gasteiger partial charge in [-0.1, -0.05) is 24.3 Å². The molecule has 0 atom stereocenters. The monoisotopic (exact) mass is 598 g/mol. The van der Waals surface area contributed by atoms with Gasteiger partial charge in [0.2, 0.25) is 0 Å². The Balaban J connectivity index is 0.00000204. The molecule has 0 aliphatic carbocycles. The number of hydrogen-bond donors (Lipinski definition) is 0. The van der Waals surface area contributed by atoms with Crippen molar-refractivity contribution < 1.29 is 51.9 Å². The summed E-state index contributed by atoms with van der Waals surface area (Å²) >= 11 is 0. The minimum Gasteiger partial charge on any atom is -0.744 e. The van der Waals surface area contributed by atoms with Crippen LogP contribution in [0.15, 0.2) is 56.0 Å². The second-order valence-electron chi connectivity index (χ2n) is 6.63. The van der Waals surface area contributed by atoms with Gasteiger partial charge in [0.1, 0.15) is 40.5 Å². The van der Waals surface area contributed by atoms with Crippen LogP contribution in [0.3, 0.4) is 0 Å². The topological polar surface area (TPSA) is 229 Å². The van der Waals surface area contributed by atoms with Crippen LogP contribution >= 0.6 is 0 Å². The van der Waals surface area contributed by atoms with Crippen LogP contribution in [0.25, 0.3) is 32.3 Å². The molecule has 0 fully saturated rings. The first kappa shape index (κ1) is 30.3. The SMILES string of the molecule is O=S(=O)([O-])c1cc(S(=O)(=O)[O-])c2ccc3c(S(=O)(=O)[O-])cc(S(=O)(=O)[O-])c4ccc1c2c43.[Ca+2].[Ca+2]. The molecular weight excluding hydrogens is 593 g/mol. The van der Waals surface area contributed by atoms with Gasteiger partial charge in [0.05, 0.1) is 19.6 Å². The number of benzene rings is 4. The molecule has 0 bridgehead atoms. The molecule has 0 unspecified atom stereocenters. The predicted molar refractivity (Wildman–Crippen MR) is 114 cm³/mol. The second-order valence-corrected chi connectivity index (χ2v) is 12.0. The Morgan fingerprint density at radius 1 is 0.412 bits per heavy atom. The summed E-state index contributed by atoms with van der Waals surface area (Å²) in [7, 11) is -21.6. The van der Waals surface area contributed by atoms with Crippen LogP contribution in [0.5, 0.6) is 0 Å². The van der Waals surface area contributed by atoms with Gasteiger partial charge < -0.3 is 18.2 Å². The Hall–Kier alpha value is 0.0795. The van der Waals surface area contributed by atoms with Crippen LogP contribution in [0.2, 0.25) is 0 Å². The summed E-state index contributed by atoms with van der Waals surface area (Å²) in [6.45, 7) is 0. The second kappa shape index (κ2) is 9.43. The predicted octanol–water partition coefficient (Wildman–Crippen LogP) is -0.561. The summed E-state index contributed by atoms with van der Waals surface area (Å²) in [4.78, 5) is -4.63. The fourth-order valence-electron chi connectivity index (χ4n) is 3.69. The molecule has 0 radical (unpaired) electrons. The zero-order chi connectivity index (χ0) is 24.0. The molecule has 34 heavy (non-hydrogen) atoms. The van der Waals surface area contributed by atoms with Crippen LogP contribution < -0.4 is 0 Å². The molecule has 0 amide bonds. The Kier molecular flexibility index (Phi) is 8.41. The third-order valence-electron chi connectivity index (χ3n) is 4.82. The fourth-order valence-corrected chi connectivity index (χ4v) is 6.65. The van der Waals surface area contributed by atoms with E-state index in [2.05, 4.69) is 0 Å². The molecule has 18 heteroatoms. The van der Waals surface area contributed by atoms with Crippen molar-refractivity contribution in [3.05, 3.63) is 36.4 Å². The summed E-state index contributed by atoms with van der Waals surface area (Å²) in [6, 6.07) is 4.27. The van der Waals surface area contributed by atoms with Gasteiger partial charge in [-0.15, -0.1) is 0 Å². The van der Waals surface area contributed by atoms with Gasteiger partial charge in [-0.25, -0.2) is 33.7 Å². The Bertz CT molecular complexity index is 1640. The molecule has 0 aliphatic heterocycles. The maximum atomic E-state index is 11.8. The van der Waals surface area contributed by atoms with Gasteiger partial charge in [0.15, 0.2) is 0 Å². The van der Waals surface area contributed by atoms with Crippen molar-refractivity contribution >= 4 is 148 Å². The molecule has 12 nitrogen and oxygen atoms in total. The summed E-state index contributed by atoms with van der Waals surface area (Å²) in [6.07, 6.45) is 0. The molecule has 0 saturated carbocycles. The van der Waals surface area contributed by atoms with E-state index in [0.29, 0.717) is 12.1 Å². The standard InChI is InChI=1S/C16H10O12S4.2Ca/c17-29(18,19)11-5-13(31(23,24)25)9-3-4-10-14(32(26,27)28)6-12(30(20,21)22)8-2-1-7(11)15(9)16(8)10;;/h1-6H,(H,17,18,19)(H,20,21,22)(H,23,24,25)(H,26,27,28);;/q;2*+2/p-4. The van der Waals surface area contributed by atoms with Gasteiger partial charge in [-0.05, 0) is 22.9 Å². The minimum absolute atomic E-state index is 0. The Morgan fingerprint density at radius 3 is 0.735 bits per heavy atom. The zero-order valence-electron chi connectivity index (χ0n) is 16.4. The largest absolute Gasteiger partial charge is 2.00 e. The molecule has 0 N–H and O–H groups in total. The van der Waals surface area contributed by atoms with E-state index in [4.69, 9.17) is 0 Å². The summed E-state index contributed by atoms with van der Waals surface area (Å²) < 4.78 is 141. The number of rotatable bonds is 4. The first-order valence-electron chi connectivity index (χ1n) is 8.04. The van der Waals surface area contributed by atoms with Gasteiger partial charge in [-0.2, -0.15) is 0 Å². The van der Waals surface area contributed by atoms with E-state index in [0.717, 1.165) is 24.3 Å². The smallest absolute Gasteiger partial charge is 0.744 e. The van der Waals surface area contributed by atoms with Gasteiger partial charge in [0.25, 0.3) is 0 Å². The minimum atomic E-state index is -5.40. The molecule has 4 aromatic carbocycles. The van der Waals surface area contributed by atoms with Crippen molar-refractivity contribution in [2.75, 3.05) is 0 Å². The van der Waals surface area contributed by atoms with E-state index in [1.54, 1.807) is 0 Å². The quantitative estimate of drug-likeness (QED) is 0.163. The molecule has 0 heterocycles. The third-order valence-corrected chi connectivity index (χ3v) is 8.33. The van der Waals surface area contributed by atoms with Crippen molar-refractivity contribution in [3.8, 4) is 0 Å². The van der Waals surface area contributed by atoms with Crippen LogP contribution in [0.1, 0.15) is 0 Å². The first-order valence-corrected chi connectivity index (χ1v) is 13.7. The van der Waals surface area contributed by atoms with Crippen LogP contribution in [-0.2, 0) is 40.5 Å². The molecular formula is C16H6Ca2O12S4. The molecule has 0 spiro atoms. The Morgan fingerprint density at radius 2 is 0.588 bits per heavy atom. The average Bonchev–Trinajstić information content (AvgIpc) is 2.61. The Labute approximate surface area is 252 Å². The first-order chi connectivity index (χ1) is 14.4. The van der Waals surface area contributed by atoms with Gasteiger partial charge in [-0.3, -0.25) is 0 Å². The van der Waals surface area contributed by atoms with E-state index in [1.807, 2.05) is 0 Å². The van der Waals surface area contributed by atoms with Crippen molar-refractivity contribution in [2.24, 2.45) is 0 Å². The van der Waals surface area contributed by atoms with Crippen molar-refractivity contribution in [1.82, 2.24) is 0 Å². The molecule has 4 aromatic rings. The average molecular weight is 599 g/mol. The maximum absolute atomic E-state index is 11.8. The summed E-state index contributed by atoms with van der Waals surface area (Å²) in [5.74, 6) is 0. The van der Waals surface area contributed by atoms with Gasteiger partial charge in [0, 0.05) is 21.5 Å². The van der Waals surface area contributed by atoms with Crippen LogP contribution in [0, 0.1) is 0 Å². The van der Waals surface area contributed by atoms with E-state index >= 15 is 0 Å². The van der Waals surface area contributed by atoms with E-state index < -0.39 is 92.4 Å². The van der Waals surface area contributed by atoms with E-state index in [-0.39, 0.29) is 75.5 Å². The van der Waals surface area contributed by atoms with Crippen molar-refractivity contribution in [1.29, 1.82) is 0 Å². The fraction of sp³-hybridized carbons (Fsp3) is 0. The molecule has 170 valence electrons. The zero-order valence-corrected chi connectivity index (χ0v) is 24.1. The molecule has 0 aliphatic rings. The van der Waals surface area contributed by atoms with E-state index in [1.165, 1.54) is 0 Å². The molecule has 4 rings (SSSR count). The normalized spacial score (nSPS) is 13.2. The number of hydrogen-bond acceptors (Lipinski definition) is 12. The van der Waals surface area contributed by atoms with Crippen molar-refractivity contribution in [2.45, 2.75) is 19.6 Å². The van der Waals surface area contributed by atoms with Crippen LogP contribution in [-0.4, -0.2) is 127 Å². The third kappa shape index (κ3) is 5.08. The summed E-state index contributed by atoms with van der Waals surface area (Å²) in [5.41, 5.74) is 0. The maximum Gasteiger partial charge on any atom is 2.00 e. The van der Waals surface area contributed by atoms with Crippen molar-refractivity contribution in [3.63, 3.8) is 0 Å².